The van der Waals surface area contributed by atoms with Crippen LogP contribution in [-0.4, -0.2) is 37.1 Å². The van der Waals surface area contributed by atoms with Gasteiger partial charge in [-0.2, -0.15) is 0 Å². The largest absolute Gasteiger partial charge is 0.469 e. The molecular formula is C9H15NO2. The lowest BCUT2D eigenvalue weighted by Crippen LogP contribution is -2.24. The quantitative estimate of drug-likeness (QED) is 0.540. The molecule has 68 valence electrons. The van der Waals surface area contributed by atoms with Crippen molar-refractivity contribution in [3.05, 3.63) is 0 Å². The first-order valence-electron chi connectivity index (χ1n) is 4.63. The molecule has 0 aromatic carbocycles. The summed E-state index contributed by atoms with van der Waals surface area (Å²) < 4.78 is 4.73. The van der Waals surface area contributed by atoms with Crippen LogP contribution < -0.4 is 0 Å². The molecule has 0 saturated carbocycles. The molecule has 0 aromatic rings. The first-order valence-corrected chi connectivity index (χ1v) is 4.63. The number of nitrogens with zero attached hydrogens (tertiary/aromatic N) is 1. The second-order valence-electron chi connectivity index (χ2n) is 3.75. The van der Waals surface area contributed by atoms with Gasteiger partial charge in [0.15, 0.2) is 0 Å². The van der Waals surface area contributed by atoms with Crippen LogP contribution in [0.25, 0.3) is 0 Å². The van der Waals surface area contributed by atoms with Crippen LogP contribution in [0.2, 0.25) is 0 Å². The lowest BCUT2D eigenvalue weighted by molar-refractivity contribution is -0.145. The van der Waals surface area contributed by atoms with E-state index >= 15 is 0 Å². The number of carbonyl (C=O) groups is 1. The Labute approximate surface area is 72.7 Å². The number of ether oxygens (including phenoxy) is 1. The molecule has 2 aliphatic heterocycles. The third-order valence-electron chi connectivity index (χ3n) is 3.05. The van der Waals surface area contributed by atoms with Gasteiger partial charge in [-0.25, -0.2) is 0 Å². The standard InChI is InChI=1S/C9H15NO2/c1-12-9(11)7-5-8-3-2-4-10(8)6-7/h7-8H,2-6H2,1H3/t7-,8+/m0/s1. The van der Waals surface area contributed by atoms with E-state index in [0.717, 1.165) is 13.0 Å². The molecule has 0 radical (unpaired) electrons. The van der Waals surface area contributed by atoms with Crippen molar-refractivity contribution in [2.45, 2.75) is 25.3 Å². The Morgan fingerprint density at radius 2 is 2.42 bits per heavy atom. The zero-order valence-corrected chi connectivity index (χ0v) is 7.45. The third kappa shape index (κ3) is 1.22. The SMILES string of the molecule is COC(=O)[C@H]1C[C@H]2CCCN2C1. The highest BCUT2D eigenvalue weighted by atomic mass is 16.5. The molecule has 2 heterocycles. The zero-order chi connectivity index (χ0) is 8.55. The number of hydrogen-bond acceptors (Lipinski definition) is 3. The van der Waals surface area contributed by atoms with Crippen LogP contribution in [-0.2, 0) is 9.53 Å². The number of fused-ring (bicyclic) bond motifs is 1. The van der Waals surface area contributed by atoms with Gasteiger partial charge < -0.3 is 4.74 Å². The van der Waals surface area contributed by atoms with Gasteiger partial charge >= 0.3 is 5.97 Å². The fourth-order valence-electron chi connectivity index (χ4n) is 2.43. The number of esters is 1. The Morgan fingerprint density at radius 3 is 3.08 bits per heavy atom. The molecular weight excluding hydrogens is 154 g/mol. The van der Waals surface area contributed by atoms with Crippen molar-refractivity contribution in [1.29, 1.82) is 0 Å². The van der Waals surface area contributed by atoms with Crippen molar-refractivity contribution in [3.8, 4) is 0 Å². The molecule has 0 amide bonds. The maximum Gasteiger partial charge on any atom is 0.310 e. The van der Waals surface area contributed by atoms with Gasteiger partial charge in [0, 0.05) is 12.6 Å². The Hall–Kier alpha value is -0.570. The highest BCUT2D eigenvalue weighted by Crippen LogP contribution is 2.31. The molecule has 0 spiro atoms. The van der Waals surface area contributed by atoms with Gasteiger partial charge in [0.25, 0.3) is 0 Å². The van der Waals surface area contributed by atoms with Gasteiger partial charge in [-0.05, 0) is 25.8 Å². The maximum absolute atomic E-state index is 11.2. The number of rotatable bonds is 1. The highest BCUT2D eigenvalue weighted by molar-refractivity contribution is 5.73. The van der Waals surface area contributed by atoms with Gasteiger partial charge in [-0.15, -0.1) is 0 Å². The summed E-state index contributed by atoms with van der Waals surface area (Å²) in [5.74, 6) is 0.129. The zero-order valence-electron chi connectivity index (χ0n) is 7.45. The van der Waals surface area contributed by atoms with Crippen molar-refractivity contribution in [1.82, 2.24) is 4.90 Å². The van der Waals surface area contributed by atoms with Gasteiger partial charge in [-0.3, -0.25) is 9.69 Å². The first-order chi connectivity index (χ1) is 5.81. The van der Waals surface area contributed by atoms with E-state index in [-0.39, 0.29) is 11.9 Å². The molecule has 0 aliphatic carbocycles. The minimum absolute atomic E-state index is 0.0237. The van der Waals surface area contributed by atoms with Crippen molar-refractivity contribution in [2.75, 3.05) is 20.2 Å². The Morgan fingerprint density at radius 1 is 1.58 bits per heavy atom. The van der Waals surface area contributed by atoms with Gasteiger partial charge in [-0.1, -0.05) is 0 Å². The van der Waals surface area contributed by atoms with Crippen LogP contribution in [0.15, 0.2) is 0 Å². The molecule has 2 aliphatic rings. The normalized spacial score (nSPS) is 35.1. The first kappa shape index (κ1) is 8.05. The van der Waals surface area contributed by atoms with Crippen molar-refractivity contribution < 1.29 is 9.53 Å². The molecule has 2 atom stereocenters. The minimum Gasteiger partial charge on any atom is -0.469 e. The van der Waals surface area contributed by atoms with E-state index in [2.05, 4.69) is 4.90 Å². The second-order valence-corrected chi connectivity index (χ2v) is 3.75. The molecule has 0 bridgehead atoms. The summed E-state index contributed by atoms with van der Waals surface area (Å²) in [5.41, 5.74) is 0. The van der Waals surface area contributed by atoms with Crippen LogP contribution >= 0.6 is 0 Å². The third-order valence-corrected chi connectivity index (χ3v) is 3.05. The van der Waals surface area contributed by atoms with E-state index in [0.29, 0.717) is 6.04 Å². The summed E-state index contributed by atoms with van der Waals surface area (Å²) >= 11 is 0. The predicted octanol–water partition coefficient (Wildman–Crippen LogP) is 0.644. The van der Waals surface area contributed by atoms with Crippen molar-refractivity contribution in [2.24, 2.45) is 5.92 Å². The van der Waals surface area contributed by atoms with Crippen LogP contribution in [0, 0.1) is 5.92 Å². The molecule has 3 nitrogen and oxygen atoms in total. The van der Waals surface area contributed by atoms with E-state index in [1.54, 1.807) is 0 Å². The summed E-state index contributed by atoms with van der Waals surface area (Å²) in [6.07, 6.45) is 3.60. The van der Waals surface area contributed by atoms with Crippen LogP contribution in [0.1, 0.15) is 19.3 Å². The molecule has 2 saturated heterocycles. The van der Waals surface area contributed by atoms with Crippen molar-refractivity contribution in [3.63, 3.8) is 0 Å². The van der Waals surface area contributed by atoms with E-state index in [9.17, 15) is 4.79 Å². The molecule has 2 rings (SSSR count). The van der Waals surface area contributed by atoms with E-state index in [4.69, 9.17) is 4.74 Å². The Bertz CT molecular complexity index is 181. The Kier molecular flexibility index (Phi) is 2.05. The molecule has 3 heteroatoms. The molecule has 2 fully saturated rings. The topological polar surface area (TPSA) is 29.5 Å². The average Bonchev–Trinajstić information content (AvgIpc) is 2.60. The number of methoxy groups -OCH3 is 1. The summed E-state index contributed by atoms with van der Waals surface area (Å²) in [7, 11) is 1.48. The van der Waals surface area contributed by atoms with Crippen molar-refractivity contribution >= 4 is 5.97 Å². The lowest BCUT2D eigenvalue weighted by atomic mass is 10.0. The summed E-state index contributed by atoms with van der Waals surface area (Å²) in [4.78, 5) is 13.6. The second kappa shape index (κ2) is 3.05. The smallest absolute Gasteiger partial charge is 0.310 e. The number of carbonyl (C=O) groups excluding carboxylic acids is 1. The van der Waals surface area contributed by atoms with Gasteiger partial charge in [0.2, 0.25) is 0 Å². The fraction of sp³-hybridized carbons (Fsp3) is 0.889. The van der Waals surface area contributed by atoms with E-state index < -0.39 is 0 Å². The van der Waals surface area contributed by atoms with Crippen LogP contribution in [0.4, 0.5) is 0 Å². The molecule has 0 unspecified atom stereocenters. The van der Waals surface area contributed by atoms with E-state index in [1.807, 2.05) is 0 Å². The van der Waals surface area contributed by atoms with Crippen LogP contribution in [0.3, 0.4) is 0 Å². The number of hydrogen-bond donors (Lipinski definition) is 0. The summed E-state index contributed by atoms with van der Waals surface area (Å²) in [6.45, 7) is 2.11. The molecule has 0 aromatic heterocycles. The molecule has 0 N–H and O–H groups in total. The van der Waals surface area contributed by atoms with Crippen LogP contribution in [0.5, 0.6) is 0 Å². The lowest BCUT2D eigenvalue weighted by Gasteiger charge is -2.12. The Balaban J connectivity index is 1.94. The monoisotopic (exact) mass is 169 g/mol. The summed E-state index contributed by atoms with van der Waals surface area (Å²) in [6, 6.07) is 0.675. The maximum atomic E-state index is 11.2. The van der Waals surface area contributed by atoms with Gasteiger partial charge in [0.1, 0.15) is 0 Å². The highest BCUT2D eigenvalue weighted by Gasteiger charge is 2.38. The average molecular weight is 169 g/mol. The molecule has 12 heavy (non-hydrogen) atoms. The fourth-order valence-corrected chi connectivity index (χ4v) is 2.43. The summed E-state index contributed by atoms with van der Waals surface area (Å²) in [5, 5.41) is 0. The van der Waals surface area contributed by atoms with Gasteiger partial charge in [0.05, 0.1) is 13.0 Å². The predicted molar refractivity (Wildman–Crippen MR) is 44.7 cm³/mol. The minimum atomic E-state index is -0.0237. The van der Waals surface area contributed by atoms with E-state index in [1.165, 1.54) is 26.5 Å².